The van der Waals surface area contributed by atoms with Gasteiger partial charge in [-0.25, -0.2) is 12.7 Å². The number of rotatable bonds is 3. The Labute approximate surface area is 160 Å². The van der Waals surface area contributed by atoms with Crippen LogP contribution in [-0.4, -0.2) is 62.6 Å². The lowest BCUT2D eigenvalue weighted by Gasteiger charge is -2.34. The Morgan fingerprint density at radius 3 is 2.44 bits per heavy atom. The Balaban J connectivity index is 1.46. The Morgan fingerprint density at radius 1 is 1.04 bits per heavy atom. The topological polar surface area (TPSA) is 76.2 Å². The molecular weight excluding hydrogens is 368 g/mol. The van der Waals surface area contributed by atoms with Crippen LogP contribution in [0.3, 0.4) is 0 Å². The molecule has 8 heteroatoms. The first-order chi connectivity index (χ1) is 12.9. The lowest BCUT2D eigenvalue weighted by molar-refractivity contribution is -0.137. The molecule has 0 aliphatic carbocycles. The van der Waals surface area contributed by atoms with Crippen LogP contribution >= 0.6 is 0 Å². The molecule has 0 spiro atoms. The molecule has 1 aromatic carbocycles. The van der Waals surface area contributed by atoms with E-state index in [4.69, 9.17) is 9.47 Å². The van der Waals surface area contributed by atoms with Gasteiger partial charge in [0, 0.05) is 25.6 Å². The van der Waals surface area contributed by atoms with E-state index in [1.165, 1.54) is 10.6 Å². The molecule has 3 aliphatic heterocycles. The zero-order valence-corrected chi connectivity index (χ0v) is 16.4. The molecule has 27 heavy (non-hydrogen) atoms. The van der Waals surface area contributed by atoms with Crippen molar-refractivity contribution in [1.82, 2.24) is 9.21 Å². The van der Waals surface area contributed by atoms with E-state index < -0.39 is 10.0 Å². The fourth-order valence-corrected chi connectivity index (χ4v) is 5.19. The minimum atomic E-state index is -3.17. The molecule has 0 N–H and O–H groups in total. The summed E-state index contributed by atoms with van der Waals surface area (Å²) in [6.07, 6.45) is 4.33. The van der Waals surface area contributed by atoms with Gasteiger partial charge in [0.25, 0.3) is 0 Å². The largest absolute Gasteiger partial charge is 0.486 e. The van der Waals surface area contributed by atoms with Crippen LogP contribution in [0, 0.1) is 5.92 Å². The molecule has 3 aliphatic rings. The van der Waals surface area contributed by atoms with Crippen LogP contribution in [0.1, 0.15) is 37.3 Å². The van der Waals surface area contributed by atoms with Crippen molar-refractivity contribution in [2.75, 3.05) is 39.1 Å². The monoisotopic (exact) mass is 394 g/mol. The van der Waals surface area contributed by atoms with Gasteiger partial charge < -0.3 is 14.4 Å². The van der Waals surface area contributed by atoms with Gasteiger partial charge in [-0.1, -0.05) is 6.07 Å². The number of likely N-dealkylation sites (tertiary alicyclic amines) is 1. The maximum absolute atomic E-state index is 13.1. The van der Waals surface area contributed by atoms with Crippen molar-refractivity contribution in [1.29, 1.82) is 0 Å². The summed E-state index contributed by atoms with van der Waals surface area (Å²) >= 11 is 0. The van der Waals surface area contributed by atoms with Gasteiger partial charge in [0.05, 0.1) is 12.3 Å². The maximum Gasteiger partial charge on any atom is 0.226 e. The highest BCUT2D eigenvalue weighted by Gasteiger charge is 2.37. The highest BCUT2D eigenvalue weighted by atomic mass is 32.2. The Bertz CT molecular complexity index is 817. The molecule has 2 saturated heterocycles. The third-order valence-electron chi connectivity index (χ3n) is 5.76. The van der Waals surface area contributed by atoms with E-state index in [9.17, 15) is 13.2 Å². The van der Waals surface area contributed by atoms with Crippen molar-refractivity contribution in [3.8, 4) is 11.5 Å². The summed E-state index contributed by atoms with van der Waals surface area (Å²) in [5, 5.41) is 0. The number of amides is 1. The minimum absolute atomic E-state index is 0.0567. The maximum atomic E-state index is 13.1. The molecule has 0 radical (unpaired) electrons. The van der Waals surface area contributed by atoms with E-state index in [1.807, 2.05) is 23.1 Å². The molecule has 2 fully saturated rings. The van der Waals surface area contributed by atoms with Crippen LogP contribution in [-0.2, 0) is 14.8 Å². The summed E-state index contributed by atoms with van der Waals surface area (Å²) in [6.45, 7) is 2.72. The van der Waals surface area contributed by atoms with E-state index in [2.05, 4.69) is 0 Å². The standard InChI is InChI=1S/C19H26N2O5S/c1-27(23,24)20-9-6-14(7-10-20)19(22)21-8-2-3-16(21)15-4-5-17-18(13-15)26-12-11-25-17/h4-5,13-14,16H,2-3,6-12H2,1H3. The number of sulfonamides is 1. The van der Waals surface area contributed by atoms with Gasteiger partial charge in [-0.15, -0.1) is 0 Å². The summed E-state index contributed by atoms with van der Waals surface area (Å²) in [4.78, 5) is 15.1. The van der Waals surface area contributed by atoms with E-state index in [0.717, 1.165) is 36.4 Å². The van der Waals surface area contributed by atoms with E-state index in [1.54, 1.807) is 0 Å². The summed E-state index contributed by atoms with van der Waals surface area (Å²) < 4.78 is 36.1. The molecule has 7 nitrogen and oxygen atoms in total. The predicted molar refractivity (Wildman–Crippen MR) is 100 cm³/mol. The number of piperidine rings is 1. The Kier molecular flexibility index (Phi) is 5.03. The third-order valence-corrected chi connectivity index (χ3v) is 7.06. The second-order valence-electron chi connectivity index (χ2n) is 7.53. The highest BCUT2D eigenvalue weighted by Crippen LogP contribution is 2.39. The predicted octanol–water partition coefficient (Wildman–Crippen LogP) is 1.79. The Hall–Kier alpha value is -1.80. The van der Waals surface area contributed by atoms with Gasteiger partial charge in [0.1, 0.15) is 13.2 Å². The van der Waals surface area contributed by atoms with Crippen LogP contribution < -0.4 is 9.47 Å². The van der Waals surface area contributed by atoms with Gasteiger partial charge in [0.2, 0.25) is 15.9 Å². The van der Waals surface area contributed by atoms with Crippen LogP contribution in [0.5, 0.6) is 11.5 Å². The Morgan fingerprint density at radius 2 is 1.74 bits per heavy atom. The van der Waals surface area contributed by atoms with Gasteiger partial charge in [-0.3, -0.25) is 4.79 Å². The average Bonchev–Trinajstić information content (AvgIpc) is 3.16. The number of carbonyl (C=O) groups excluding carboxylic acids is 1. The van der Waals surface area contributed by atoms with Gasteiger partial charge in [-0.05, 0) is 43.4 Å². The van der Waals surface area contributed by atoms with Crippen molar-refractivity contribution in [3.63, 3.8) is 0 Å². The normalized spacial score (nSPS) is 24.2. The zero-order chi connectivity index (χ0) is 19.0. The average molecular weight is 394 g/mol. The van der Waals surface area contributed by atoms with Crippen molar-refractivity contribution in [3.05, 3.63) is 23.8 Å². The minimum Gasteiger partial charge on any atom is -0.486 e. The number of hydrogen-bond acceptors (Lipinski definition) is 5. The molecule has 148 valence electrons. The molecule has 1 aromatic rings. The van der Waals surface area contributed by atoms with E-state index >= 15 is 0 Å². The fourth-order valence-electron chi connectivity index (χ4n) is 4.31. The number of hydrogen-bond donors (Lipinski definition) is 0. The molecular formula is C19H26N2O5S. The van der Waals surface area contributed by atoms with Crippen molar-refractivity contribution in [2.45, 2.75) is 31.7 Å². The van der Waals surface area contributed by atoms with Crippen LogP contribution in [0.25, 0.3) is 0 Å². The third kappa shape index (κ3) is 3.78. The fraction of sp³-hybridized carbons (Fsp3) is 0.632. The SMILES string of the molecule is CS(=O)(=O)N1CCC(C(=O)N2CCCC2c2ccc3c(c2)OCCO3)CC1. The lowest BCUT2D eigenvalue weighted by Crippen LogP contribution is -2.43. The quantitative estimate of drug-likeness (QED) is 0.781. The summed E-state index contributed by atoms with van der Waals surface area (Å²) in [5.41, 5.74) is 1.08. The summed E-state index contributed by atoms with van der Waals surface area (Å²) in [6, 6.07) is 6.00. The number of ether oxygens (including phenoxy) is 2. The molecule has 0 bridgehead atoms. The van der Waals surface area contributed by atoms with E-state index in [-0.39, 0.29) is 17.9 Å². The van der Waals surface area contributed by atoms with Gasteiger partial charge in [0.15, 0.2) is 11.5 Å². The van der Waals surface area contributed by atoms with Crippen LogP contribution in [0.2, 0.25) is 0 Å². The molecule has 0 saturated carbocycles. The molecule has 4 rings (SSSR count). The molecule has 1 amide bonds. The number of fused-ring (bicyclic) bond motifs is 1. The second kappa shape index (κ2) is 7.31. The smallest absolute Gasteiger partial charge is 0.226 e. The second-order valence-corrected chi connectivity index (χ2v) is 9.51. The van der Waals surface area contributed by atoms with Gasteiger partial charge in [-0.2, -0.15) is 0 Å². The number of carbonyl (C=O) groups is 1. The van der Waals surface area contributed by atoms with Crippen LogP contribution in [0.15, 0.2) is 18.2 Å². The highest BCUT2D eigenvalue weighted by molar-refractivity contribution is 7.88. The molecule has 1 atom stereocenters. The molecule has 0 aromatic heterocycles. The molecule has 3 heterocycles. The summed E-state index contributed by atoms with van der Waals surface area (Å²) in [7, 11) is -3.17. The zero-order valence-electron chi connectivity index (χ0n) is 15.6. The lowest BCUT2D eigenvalue weighted by atomic mass is 9.95. The van der Waals surface area contributed by atoms with Gasteiger partial charge >= 0.3 is 0 Å². The van der Waals surface area contributed by atoms with Crippen molar-refractivity contribution < 1.29 is 22.7 Å². The van der Waals surface area contributed by atoms with Crippen molar-refractivity contribution >= 4 is 15.9 Å². The first-order valence-corrected chi connectivity index (χ1v) is 11.4. The number of benzene rings is 1. The number of nitrogens with zero attached hydrogens (tertiary/aromatic N) is 2. The summed E-state index contributed by atoms with van der Waals surface area (Å²) in [5.74, 6) is 1.56. The van der Waals surface area contributed by atoms with Crippen LogP contribution in [0.4, 0.5) is 0 Å². The first kappa shape index (κ1) is 18.6. The van der Waals surface area contributed by atoms with E-state index in [0.29, 0.717) is 39.1 Å². The molecule has 1 unspecified atom stereocenters. The van der Waals surface area contributed by atoms with Crippen molar-refractivity contribution in [2.24, 2.45) is 5.92 Å². The first-order valence-electron chi connectivity index (χ1n) is 9.58.